The Labute approximate surface area is 145 Å². The lowest BCUT2D eigenvalue weighted by Gasteiger charge is -2.32. The number of benzene rings is 1. The van der Waals surface area contributed by atoms with Crippen LogP contribution in [0.25, 0.3) is 0 Å². The Bertz CT molecular complexity index is 671. The fraction of sp³-hybridized carbons (Fsp3) is 0.611. The third kappa shape index (κ3) is 4.35. The largest absolute Gasteiger partial charge is 0.332 e. The third-order valence-corrected chi connectivity index (χ3v) is 6.86. The van der Waals surface area contributed by atoms with Gasteiger partial charge in [-0.3, -0.25) is 0 Å². The Hall–Kier alpha value is -1.42. The molecule has 0 saturated carbocycles. The molecule has 0 amide bonds. The lowest BCUT2D eigenvalue weighted by molar-refractivity contribution is -0.905. The quantitative estimate of drug-likeness (QED) is 0.840. The predicted molar refractivity (Wildman–Crippen MR) is 94.2 cm³/mol. The molecule has 1 aromatic carbocycles. The van der Waals surface area contributed by atoms with E-state index < -0.39 is 10.0 Å². The van der Waals surface area contributed by atoms with Crippen molar-refractivity contribution in [1.82, 2.24) is 4.31 Å². The molecule has 1 aromatic rings. The van der Waals surface area contributed by atoms with E-state index in [-0.39, 0.29) is 5.92 Å². The van der Waals surface area contributed by atoms with Crippen LogP contribution in [0.5, 0.6) is 0 Å². The van der Waals surface area contributed by atoms with E-state index in [1.54, 1.807) is 16.4 Å². The molecule has 0 radical (unpaired) electrons. The number of nitriles is 1. The fourth-order valence-corrected chi connectivity index (χ4v) is 4.52. The summed E-state index contributed by atoms with van der Waals surface area (Å²) in [5.41, 5.74) is 1.18. The van der Waals surface area contributed by atoms with Crippen LogP contribution in [0, 0.1) is 17.2 Å². The van der Waals surface area contributed by atoms with Gasteiger partial charge in [0.1, 0.15) is 0 Å². The van der Waals surface area contributed by atoms with E-state index in [0.29, 0.717) is 23.9 Å². The van der Waals surface area contributed by atoms with Crippen molar-refractivity contribution in [3.8, 4) is 6.07 Å². The molecule has 1 aliphatic heterocycles. The predicted octanol–water partition coefficient (Wildman–Crippen LogP) is 1.25. The molecular weight excluding hydrogens is 322 g/mol. The summed E-state index contributed by atoms with van der Waals surface area (Å²) >= 11 is 0. The van der Waals surface area contributed by atoms with E-state index in [0.717, 1.165) is 26.1 Å². The summed E-state index contributed by atoms with van der Waals surface area (Å²) in [7, 11) is -3.41. The van der Waals surface area contributed by atoms with Crippen LogP contribution in [0.2, 0.25) is 0 Å². The van der Waals surface area contributed by atoms with Crippen LogP contribution in [-0.4, -0.2) is 45.4 Å². The number of hydrogen-bond donors (Lipinski definition) is 1. The third-order valence-electron chi connectivity index (χ3n) is 4.94. The summed E-state index contributed by atoms with van der Waals surface area (Å²) in [6.07, 6.45) is 1.04. The zero-order chi connectivity index (χ0) is 17.7. The van der Waals surface area contributed by atoms with Crippen LogP contribution in [0.1, 0.15) is 38.7 Å². The normalized spacial score (nSPS) is 19.6. The SMILES string of the molecule is CC[C@H](C)c1ccc(S(=O)(=O)N2CC[NH+](C[C@H](C)C#N)CC2)cc1. The fourth-order valence-electron chi connectivity index (χ4n) is 3.08. The molecule has 0 spiro atoms. The smallest absolute Gasteiger partial charge is 0.243 e. The molecule has 24 heavy (non-hydrogen) atoms. The van der Waals surface area contributed by atoms with Crippen molar-refractivity contribution in [2.24, 2.45) is 5.92 Å². The van der Waals surface area contributed by atoms with Crippen molar-refractivity contribution in [2.75, 3.05) is 32.7 Å². The second kappa shape index (κ2) is 8.11. The van der Waals surface area contributed by atoms with Gasteiger partial charge in [0.05, 0.1) is 49.6 Å². The zero-order valence-corrected chi connectivity index (χ0v) is 15.6. The highest BCUT2D eigenvalue weighted by Gasteiger charge is 2.30. The number of piperazine rings is 1. The molecule has 0 aliphatic carbocycles. The molecule has 2 rings (SSSR count). The summed E-state index contributed by atoms with van der Waals surface area (Å²) < 4.78 is 27.1. The standard InChI is InChI=1S/C18H27N3O2S/c1-4-16(3)17-5-7-18(8-6-17)24(22,23)21-11-9-20(10-12-21)14-15(2)13-19/h5-8,15-16H,4,9-12,14H2,1-3H3/p+1/t15-,16+/m1/s1. The lowest BCUT2D eigenvalue weighted by Crippen LogP contribution is -3.15. The van der Waals surface area contributed by atoms with Crippen molar-refractivity contribution in [2.45, 2.75) is 38.0 Å². The van der Waals surface area contributed by atoms with Crippen LogP contribution < -0.4 is 4.90 Å². The number of quaternary nitrogens is 1. The van der Waals surface area contributed by atoms with Gasteiger partial charge in [0.25, 0.3) is 0 Å². The van der Waals surface area contributed by atoms with Crippen molar-refractivity contribution in [3.05, 3.63) is 29.8 Å². The van der Waals surface area contributed by atoms with E-state index in [1.165, 1.54) is 10.5 Å². The number of nitrogens with zero attached hydrogens (tertiary/aromatic N) is 2. The molecular formula is C18H28N3O2S+. The Kier molecular flexibility index (Phi) is 6.39. The van der Waals surface area contributed by atoms with Crippen molar-refractivity contribution in [3.63, 3.8) is 0 Å². The number of hydrogen-bond acceptors (Lipinski definition) is 3. The molecule has 1 aliphatic rings. The summed E-state index contributed by atoms with van der Waals surface area (Å²) in [6, 6.07) is 9.56. The minimum Gasteiger partial charge on any atom is -0.332 e. The Morgan fingerprint density at radius 2 is 1.79 bits per heavy atom. The van der Waals surface area contributed by atoms with Gasteiger partial charge in [0.2, 0.25) is 10.0 Å². The summed E-state index contributed by atoms with van der Waals surface area (Å²) in [4.78, 5) is 1.69. The second-order valence-corrected chi connectivity index (χ2v) is 8.70. The van der Waals surface area contributed by atoms with E-state index in [2.05, 4.69) is 19.9 Å². The summed E-state index contributed by atoms with van der Waals surface area (Å²) in [6.45, 7) is 9.53. The minimum atomic E-state index is -3.41. The highest BCUT2D eigenvalue weighted by molar-refractivity contribution is 7.89. The van der Waals surface area contributed by atoms with Gasteiger partial charge in [-0.05, 0) is 37.0 Å². The maximum Gasteiger partial charge on any atom is 0.243 e. The van der Waals surface area contributed by atoms with Gasteiger partial charge in [-0.25, -0.2) is 8.42 Å². The first-order valence-electron chi connectivity index (χ1n) is 8.71. The molecule has 1 N–H and O–H groups in total. The van der Waals surface area contributed by atoms with Crippen LogP contribution in [0.3, 0.4) is 0 Å². The average Bonchev–Trinajstić information content (AvgIpc) is 2.61. The maximum absolute atomic E-state index is 12.8. The highest BCUT2D eigenvalue weighted by atomic mass is 32.2. The Morgan fingerprint density at radius 3 is 2.29 bits per heavy atom. The van der Waals surface area contributed by atoms with Gasteiger partial charge in [-0.1, -0.05) is 26.0 Å². The first kappa shape index (κ1) is 18.9. The Balaban J connectivity index is 2.03. The van der Waals surface area contributed by atoms with Crippen molar-refractivity contribution >= 4 is 10.0 Å². The molecule has 0 bridgehead atoms. The average molecular weight is 351 g/mol. The van der Waals surface area contributed by atoms with Gasteiger partial charge >= 0.3 is 0 Å². The zero-order valence-electron chi connectivity index (χ0n) is 14.8. The monoisotopic (exact) mass is 350 g/mol. The van der Waals surface area contributed by atoms with Gasteiger partial charge in [-0.2, -0.15) is 9.57 Å². The highest BCUT2D eigenvalue weighted by Crippen LogP contribution is 2.22. The topological polar surface area (TPSA) is 65.6 Å². The molecule has 1 fully saturated rings. The number of sulfonamides is 1. The van der Waals surface area contributed by atoms with E-state index in [9.17, 15) is 8.42 Å². The van der Waals surface area contributed by atoms with E-state index in [4.69, 9.17) is 5.26 Å². The summed E-state index contributed by atoms with van der Waals surface area (Å²) in [5, 5.41) is 8.90. The molecule has 2 atom stereocenters. The molecule has 132 valence electrons. The molecule has 1 heterocycles. The van der Waals surface area contributed by atoms with Crippen molar-refractivity contribution in [1.29, 1.82) is 5.26 Å². The van der Waals surface area contributed by atoms with Gasteiger partial charge in [0, 0.05) is 0 Å². The molecule has 0 unspecified atom stereocenters. The van der Waals surface area contributed by atoms with Gasteiger partial charge in [-0.15, -0.1) is 0 Å². The van der Waals surface area contributed by atoms with Crippen LogP contribution in [0.15, 0.2) is 29.2 Å². The van der Waals surface area contributed by atoms with Crippen LogP contribution in [-0.2, 0) is 10.0 Å². The lowest BCUT2D eigenvalue weighted by atomic mass is 9.99. The van der Waals surface area contributed by atoms with E-state index >= 15 is 0 Å². The van der Waals surface area contributed by atoms with Crippen LogP contribution >= 0.6 is 0 Å². The number of nitrogens with one attached hydrogen (secondary N) is 1. The molecule has 0 aromatic heterocycles. The molecule has 6 heteroatoms. The first-order valence-corrected chi connectivity index (χ1v) is 10.2. The van der Waals surface area contributed by atoms with Gasteiger partial charge in [0.15, 0.2) is 0 Å². The number of rotatable bonds is 6. The van der Waals surface area contributed by atoms with Gasteiger partial charge < -0.3 is 4.90 Å². The first-order chi connectivity index (χ1) is 11.4. The van der Waals surface area contributed by atoms with E-state index in [1.807, 2.05) is 19.1 Å². The molecule has 1 saturated heterocycles. The minimum absolute atomic E-state index is 0.0104. The van der Waals surface area contributed by atoms with Crippen molar-refractivity contribution < 1.29 is 13.3 Å². The summed E-state index contributed by atoms with van der Waals surface area (Å²) in [5.74, 6) is 0.451. The van der Waals surface area contributed by atoms with Crippen LogP contribution in [0.4, 0.5) is 0 Å². The second-order valence-electron chi connectivity index (χ2n) is 6.77. The molecule has 5 nitrogen and oxygen atoms in total. The Morgan fingerprint density at radius 1 is 1.21 bits per heavy atom. The maximum atomic E-state index is 12.8.